The molecule has 0 aliphatic carbocycles. The molecular formula is C15H19NO3. The van der Waals surface area contributed by atoms with Gasteiger partial charge in [0.15, 0.2) is 0 Å². The molecule has 1 aromatic rings. The lowest BCUT2D eigenvalue weighted by Gasteiger charge is -2.11. The summed E-state index contributed by atoms with van der Waals surface area (Å²) < 4.78 is 5.20. The van der Waals surface area contributed by atoms with Gasteiger partial charge in [-0.15, -0.1) is 0 Å². The molecule has 102 valence electrons. The Balaban J connectivity index is 2.71. The predicted octanol–water partition coefficient (Wildman–Crippen LogP) is 2.55. The summed E-state index contributed by atoms with van der Waals surface area (Å²) in [6, 6.07) is 9.41. The minimum Gasteiger partial charge on any atom is -0.456 e. The number of hydrogen-bond acceptors (Lipinski definition) is 3. The largest absolute Gasteiger partial charge is 0.456 e. The van der Waals surface area contributed by atoms with E-state index in [1.54, 1.807) is 6.92 Å². The zero-order chi connectivity index (χ0) is 14.3. The molecule has 0 unspecified atom stereocenters. The molecule has 0 saturated carbocycles. The van der Waals surface area contributed by atoms with Gasteiger partial charge in [0.2, 0.25) is 5.91 Å². The number of hydrogen-bond donors (Lipinski definition) is 1. The lowest BCUT2D eigenvalue weighted by Crippen LogP contribution is -2.27. The summed E-state index contributed by atoms with van der Waals surface area (Å²) in [5.74, 6) is -0.780. The average molecular weight is 261 g/mol. The Morgan fingerprint density at radius 2 is 1.79 bits per heavy atom. The monoisotopic (exact) mass is 261 g/mol. The molecule has 1 aromatic carbocycles. The van der Waals surface area contributed by atoms with E-state index in [0.717, 1.165) is 11.1 Å². The van der Waals surface area contributed by atoms with Crippen molar-refractivity contribution in [3.63, 3.8) is 0 Å². The number of esters is 1. The number of carbonyl (C=O) groups excluding carboxylic acids is 2. The molecule has 1 N–H and O–H groups in total. The first kappa shape index (κ1) is 15.0. The standard InChI is InChI=1S/C15H19NO3/c1-4-11(2)14(16-12(3)17)15(18)19-10-13-8-6-5-7-9-13/h5-9H,4,10H2,1-3H3,(H,16,17)/b14-11-. The van der Waals surface area contributed by atoms with E-state index in [1.165, 1.54) is 6.92 Å². The van der Waals surface area contributed by atoms with Crippen LogP contribution < -0.4 is 5.32 Å². The molecule has 0 heterocycles. The third-order valence-electron chi connectivity index (χ3n) is 2.68. The van der Waals surface area contributed by atoms with Crippen molar-refractivity contribution in [2.45, 2.75) is 33.8 Å². The van der Waals surface area contributed by atoms with Crippen molar-refractivity contribution in [2.24, 2.45) is 0 Å². The fraction of sp³-hybridized carbons (Fsp3) is 0.333. The van der Waals surface area contributed by atoms with Crippen LogP contribution in [0.5, 0.6) is 0 Å². The summed E-state index contributed by atoms with van der Waals surface area (Å²) in [5, 5.41) is 2.53. The predicted molar refractivity (Wildman–Crippen MR) is 73.0 cm³/mol. The summed E-state index contributed by atoms with van der Waals surface area (Å²) in [4.78, 5) is 23.1. The summed E-state index contributed by atoms with van der Waals surface area (Å²) in [7, 11) is 0. The lowest BCUT2D eigenvalue weighted by atomic mass is 10.2. The summed E-state index contributed by atoms with van der Waals surface area (Å²) >= 11 is 0. The first-order valence-corrected chi connectivity index (χ1v) is 6.23. The Morgan fingerprint density at radius 1 is 1.16 bits per heavy atom. The lowest BCUT2D eigenvalue weighted by molar-refractivity contribution is -0.141. The van der Waals surface area contributed by atoms with E-state index in [4.69, 9.17) is 4.74 Å². The number of amides is 1. The fourth-order valence-corrected chi connectivity index (χ4v) is 1.48. The van der Waals surface area contributed by atoms with Crippen molar-refractivity contribution in [1.29, 1.82) is 0 Å². The van der Waals surface area contributed by atoms with Gasteiger partial charge in [-0.05, 0) is 24.5 Å². The second kappa shape index (κ2) is 7.36. The number of carbonyl (C=O) groups is 2. The molecular weight excluding hydrogens is 242 g/mol. The van der Waals surface area contributed by atoms with E-state index in [-0.39, 0.29) is 18.2 Å². The van der Waals surface area contributed by atoms with Gasteiger partial charge in [0.05, 0.1) is 0 Å². The van der Waals surface area contributed by atoms with Crippen LogP contribution in [-0.2, 0) is 20.9 Å². The van der Waals surface area contributed by atoms with Gasteiger partial charge in [-0.3, -0.25) is 4.79 Å². The first-order valence-electron chi connectivity index (χ1n) is 6.23. The molecule has 0 aromatic heterocycles. The summed E-state index contributed by atoms with van der Waals surface area (Å²) in [6.07, 6.45) is 0.677. The molecule has 0 atom stereocenters. The zero-order valence-electron chi connectivity index (χ0n) is 11.5. The van der Waals surface area contributed by atoms with Gasteiger partial charge < -0.3 is 10.1 Å². The van der Waals surface area contributed by atoms with Crippen LogP contribution in [-0.4, -0.2) is 11.9 Å². The molecule has 0 spiro atoms. The Hall–Kier alpha value is -2.10. The van der Waals surface area contributed by atoms with Gasteiger partial charge in [-0.2, -0.15) is 0 Å². The maximum absolute atomic E-state index is 12.0. The van der Waals surface area contributed by atoms with Crippen molar-refractivity contribution in [3.05, 3.63) is 47.2 Å². The molecule has 0 aliphatic rings. The van der Waals surface area contributed by atoms with Crippen molar-refractivity contribution >= 4 is 11.9 Å². The number of benzene rings is 1. The number of ether oxygens (including phenoxy) is 1. The number of allylic oxidation sites excluding steroid dienone is 1. The molecule has 4 heteroatoms. The van der Waals surface area contributed by atoms with Crippen LogP contribution >= 0.6 is 0 Å². The summed E-state index contributed by atoms with van der Waals surface area (Å²) in [5.41, 5.74) is 1.95. The molecule has 0 fully saturated rings. The highest BCUT2D eigenvalue weighted by Gasteiger charge is 2.15. The van der Waals surface area contributed by atoms with E-state index >= 15 is 0 Å². The minimum absolute atomic E-state index is 0.194. The second-order valence-electron chi connectivity index (χ2n) is 4.25. The van der Waals surface area contributed by atoms with Crippen molar-refractivity contribution in [2.75, 3.05) is 0 Å². The smallest absolute Gasteiger partial charge is 0.355 e. The third kappa shape index (κ3) is 4.95. The fourth-order valence-electron chi connectivity index (χ4n) is 1.48. The van der Waals surface area contributed by atoms with E-state index in [9.17, 15) is 9.59 Å². The Bertz CT molecular complexity index is 477. The van der Waals surface area contributed by atoms with Gasteiger partial charge in [-0.25, -0.2) is 4.79 Å². The van der Waals surface area contributed by atoms with E-state index in [2.05, 4.69) is 5.32 Å². The van der Waals surface area contributed by atoms with Crippen LogP contribution in [0.2, 0.25) is 0 Å². The highest BCUT2D eigenvalue weighted by Crippen LogP contribution is 2.09. The van der Waals surface area contributed by atoms with Gasteiger partial charge >= 0.3 is 5.97 Å². The molecule has 0 saturated heterocycles. The topological polar surface area (TPSA) is 55.4 Å². The van der Waals surface area contributed by atoms with Crippen LogP contribution in [0, 0.1) is 0 Å². The molecule has 4 nitrogen and oxygen atoms in total. The van der Waals surface area contributed by atoms with E-state index in [0.29, 0.717) is 6.42 Å². The van der Waals surface area contributed by atoms with Crippen molar-refractivity contribution in [3.8, 4) is 0 Å². The quantitative estimate of drug-likeness (QED) is 0.654. The maximum atomic E-state index is 12.0. The van der Waals surface area contributed by atoms with Gasteiger partial charge in [-0.1, -0.05) is 37.3 Å². The molecule has 19 heavy (non-hydrogen) atoms. The maximum Gasteiger partial charge on any atom is 0.355 e. The highest BCUT2D eigenvalue weighted by atomic mass is 16.5. The number of rotatable bonds is 5. The van der Waals surface area contributed by atoms with Gasteiger partial charge in [0, 0.05) is 6.92 Å². The number of nitrogens with one attached hydrogen (secondary N) is 1. The van der Waals surface area contributed by atoms with Crippen LogP contribution in [0.3, 0.4) is 0 Å². The van der Waals surface area contributed by atoms with Gasteiger partial charge in [0.1, 0.15) is 12.3 Å². The van der Waals surface area contributed by atoms with Crippen LogP contribution in [0.15, 0.2) is 41.6 Å². The highest BCUT2D eigenvalue weighted by molar-refractivity contribution is 5.93. The van der Waals surface area contributed by atoms with Crippen molar-refractivity contribution < 1.29 is 14.3 Å². The van der Waals surface area contributed by atoms with Crippen LogP contribution in [0.4, 0.5) is 0 Å². The Kier molecular flexibility index (Phi) is 5.79. The normalized spacial score (nSPS) is 11.5. The average Bonchev–Trinajstić information content (AvgIpc) is 2.42. The molecule has 0 radical (unpaired) electrons. The summed E-state index contributed by atoms with van der Waals surface area (Å²) in [6.45, 7) is 5.28. The zero-order valence-corrected chi connectivity index (χ0v) is 11.5. The Labute approximate surface area is 113 Å². The van der Waals surface area contributed by atoms with Crippen LogP contribution in [0.1, 0.15) is 32.8 Å². The van der Waals surface area contributed by atoms with Crippen molar-refractivity contribution in [1.82, 2.24) is 5.32 Å². The van der Waals surface area contributed by atoms with E-state index < -0.39 is 5.97 Å². The molecule has 1 amide bonds. The third-order valence-corrected chi connectivity index (χ3v) is 2.68. The minimum atomic E-state index is -0.501. The van der Waals surface area contributed by atoms with Gasteiger partial charge in [0.25, 0.3) is 0 Å². The second-order valence-corrected chi connectivity index (χ2v) is 4.25. The van der Waals surface area contributed by atoms with Crippen LogP contribution in [0.25, 0.3) is 0 Å². The SMILES string of the molecule is CC/C(C)=C(\NC(C)=O)C(=O)OCc1ccccc1. The first-order chi connectivity index (χ1) is 9.04. The molecule has 0 bridgehead atoms. The molecule has 0 aliphatic heterocycles. The Morgan fingerprint density at radius 3 is 2.32 bits per heavy atom. The molecule has 1 rings (SSSR count). The van der Waals surface area contributed by atoms with E-state index in [1.807, 2.05) is 37.3 Å².